The van der Waals surface area contributed by atoms with E-state index in [1.165, 1.54) is 11.8 Å². The molecule has 0 bridgehead atoms. The first kappa shape index (κ1) is 26.7. The Balaban J connectivity index is 1.33. The van der Waals surface area contributed by atoms with Gasteiger partial charge in [-0.2, -0.15) is 13.2 Å². The Morgan fingerprint density at radius 1 is 0.925 bits per heavy atom. The summed E-state index contributed by atoms with van der Waals surface area (Å²) in [4.78, 5) is 23.0. The van der Waals surface area contributed by atoms with Gasteiger partial charge in [0, 0.05) is 12.2 Å². The van der Waals surface area contributed by atoms with Crippen molar-refractivity contribution in [2.45, 2.75) is 50.4 Å². The molecule has 3 aromatic heterocycles. The number of rotatable bonds is 5. The molecule has 1 aromatic carbocycles. The molecule has 4 aromatic rings. The van der Waals surface area contributed by atoms with E-state index in [9.17, 15) is 18.0 Å². The van der Waals surface area contributed by atoms with Crippen LogP contribution in [0.5, 0.6) is 0 Å². The first-order chi connectivity index (χ1) is 19.2. The maximum absolute atomic E-state index is 13.9. The molecule has 40 heavy (non-hydrogen) atoms. The molecule has 0 aliphatic carbocycles. The van der Waals surface area contributed by atoms with Gasteiger partial charge in [0.15, 0.2) is 0 Å². The predicted molar refractivity (Wildman–Crippen MR) is 143 cm³/mol. The third kappa shape index (κ3) is 5.17. The molecule has 2 saturated heterocycles. The van der Waals surface area contributed by atoms with Crippen molar-refractivity contribution in [3.05, 3.63) is 64.2 Å². The Hall–Kier alpha value is -3.51. The van der Waals surface area contributed by atoms with Gasteiger partial charge in [-0.05, 0) is 102 Å². The van der Waals surface area contributed by atoms with Crippen LogP contribution >= 0.6 is 0 Å². The summed E-state index contributed by atoms with van der Waals surface area (Å²) < 4.78 is 47.0. The first-order valence-corrected chi connectivity index (χ1v) is 13.6. The van der Waals surface area contributed by atoms with Crippen LogP contribution in [-0.4, -0.2) is 74.4 Å². The third-order valence-electron chi connectivity index (χ3n) is 8.29. The summed E-state index contributed by atoms with van der Waals surface area (Å²) in [6.07, 6.45) is 0.692. The highest BCUT2D eigenvalue weighted by atomic mass is 19.4. The highest BCUT2D eigenvalue weighted by Gasteiger charge is 2.38. The fourth-order valence-corrected chi connectivity index (χ4v) is 5.91. The second-order valence-corrected chi connectivity index (χ2v) is 11.0. The van der Waals surface area contributed by atoms with Gasteiger partial charge in [-0.3, -0.25) is 14.1 Å². The maximum Gasteiger partial charge on any atom is 0.470 e. The van der Waals surface area contributed by atoms with E-state index in [4.69, 9.17) is 4.42 Å². The number of fused-ring (bicyclic) bond motifs is 1. The number of piperidine rings is 2. The normalized spacial score (nSPS) is 18.6. The molecule has 2 fully saturated rings. The quantitative estimate of drug-likeness (QED) is 0.361. The van der Waals surface area contributed by atoms with E-state index in [0.29, 0.717) is 11.6 Å². The lowest BCUT2D eigenvalue weighted by Crippen LogP contribution is -2.36. The molecule has 12 heteroatoms. The lowest BCUT2D eigenvalue weighted by atomic mass is 9.89. The van der Waals surface area contributed by atoms with Gasteiger partial charge >= 0.3 is 17.8 Å². The molecular formula is C28H32F3N7O2. The zero-order valence-electron chi connectivity index (χ0n) is 22.6. The Kier molecular flexibility index (Phi) is 6.99. The number of alkyl halides is 3. The minimum Gasteiger partial charge on any atom is -0.413 e. The molecule has 212 valence electrons. The molecule has 0 atom stereocenters. The average molecular weight is 556 g/mol. The van der Waals surface area contributed by atoms with Crippen molar-refractivity contribution in [2.24, 2.45) is 0 Å². The van der Waals surface area contributed by atoms with Crippen molar-refractivity contribution in [1.82, 2.24) is 34.1 Å². The summed E-state index contributed by atoms with van der Waals surface area (Å²) in [5, 5.41) is 6.56. The van der Waals surface area contributed by atoms with Crippen LogP contribution < -0.4 is 5.69 Å². The predicted octanol–water partition coefficient (Wildman–Crippen LogP) is 4.39. The fourth-order valence-electron chi connectivity index (χ4n) is 5.91. The SMILES string of the molecule is CN1CCC(c2ccc3c(c2)n(C2CCN(C)CC2)c(=O)n3Cc2ccc(-c3nnc(C(F)(F)F)o3)cn2)CC1. The monoisotopic (exact) mass is 555 g/mol. The molecule has 0 unspecified atom stereocenters. The first-order valence-electron chi connectivity index (χ1n) is 13.6. The molecule has 5 heterocycles. The van der Waals surface area contributed by atoms with Crippen LogP contribution in [0, 0.1) is 0 Å². The Morgan fingerprint density at radius 3 is 2.25 bits per heavy atom. The van der Waals surface area contributed by atoms with E-state index in [1.54, 1.807) is 16.7 Å². The number of hydrogen-bond acceptors (Lipinski definition) is 7. The number of halogens is 3. The zero-order chi connectivity index (χ0) is 28.0. The van der Waals surface area contributed by atoms with Crippen molar-refractivity contribution in [3.63, 3.8) is 0 Å². The molecule has 2 aliphatic rings. The number of pyridine rings is 1. The highest BCUT2D eigenvalue weighted by Crippen LogP contribution is 2.33. The largest absolute Gasteiger partial charge is 0.470 e. The summed E-state index contributed by atoms with van der Waals surface area (Å²) >= 11 is 0. The molecule has 0 amide bonds. The molecule has 2 aliphatic heterocycles. The van der Waals surface area contributed by atoms with Gasteiger partial charge in [-0.25, -0.2) is 4.79 Å². The van der Waals surface area contributed by atoms with Crippen molar-refractivity contribution in [1.29, 1.82) is 0 Å². The molecule has 9 nitrogen and oxygen atoms in total. The van der Waals surface area contributed by atoms with Gasteiger partial charge in [0.25, 0.3) is 0 Å². The van der Waals surface area contributed by atoms with Crippen molar-refractivity contribution in [2.75, 3.05) is 40.3 Å². The third-order valence-corrected chi connectivity index (χ3v) is 8.29. The number of nitrogens with zero attached hydrogens (tertiary/aromatic N) is 7. The topological polar surface area (TPSA) is 85.2 Å². The average Bonchev–Trinajstić information content (AvgIpc) is 3.54. The van der Waals surface area contributed by atoms with E-state index >= 15 is 0 Å². The van der Waals surface area contributed by atoms with Gasteiger partial charge in [-0.1, -0.05) is 6.07 Å². The summed E-state index contributed by atoms with van der Waals surface area (Å²) in [5.41, 5.74) is 3.90. The van der Waals surface area contributed by atoms with Crippen LogP contribution in [0.2, 0.25) is 0 Å². The van der Waals surface area contributed by atoms with Crippen LogP contribution in [0.3, 0.4) is 0 Å². The summed E-state index contributed by atoms with van der Waals surface area (Å²) in [5.74, 6) is -1.19. The van der Waals surface area contributed by atoms with Crippen molar-refractivity contribution < 1.29 is 17.6 Å². The minimum absolute atomic E-state index is 0.0670. The number of imidazole rings is 1. The summed E-state index contributed by atoms with van der Waals surface area (Å²) in [7, 11) is 4.26. The Bertz CT molecular complexity index is 1540. The Labute approximate surface area is 229 Å². The van der Waals surface area contributed by atoms with Gasteiger partial charge in [-0.15, -0.1) is 10.2 Å². The molecule has 0 spiro atoms. The fraction of sp³-hybridized carbons (Fsp3) is 0.500. The lowest BCUT2D eigenvalue weighted by Gasteiger charge is -2.30. The van der Waals surface area contributed by atoms with Crippen LogP contribution in [0.4, 0.5) is 13.2 Å². The number of hydrogen-bond donors (Lipinski definition) is 0. The van der Waals surface area contributed by atoms with E-state index in [0.717, 1.165) is 62.9 Å². The van der Waals surface area contributed by atoms with Gasteiger partial charge in [0.2, 0.25) is 5.89 Å². The van der Waals surface area contributed by atoms with Crippen LogP contribution in [0.1, 0.15) is 54.8 Å². The van der Waals surface area contributed by atoms with E-state index in [2.05, 4.69) is 57.3 Å². The maximum atomic E-state index is 13.9. The van der Waals surface area contributed by atoms with Crippen molar-refractivity contribution in [3.8, 4) is 11.5 Å². The van der Waals surface area contributed by atoms with Gasteiger partial charge < -0.3 is 14.2 Å². The van der Waals surface area contributed by atoms with Gasteiger partial charge in [0.1, 0.15) is 0 Å². The van der Waals surface area contributed by atoms with Crippen molar-refractivity contribution >= 4 is 11.0 Å². The van der Waals surface area contributed by atoms with Crippen LogP contribution in [0.15, 0.2) is 45.7 Å². The second-order valence-electron chi connectivity index (χ2n) is 11.0. The molecule has 0 radical (unpaired) electrons. The minimum atomic E-state index is -4.71. The standard InChI is InChI=1S/C28H32F3N7O2/c1-35-11-7-18(8-12-35)19-4-6-23-24(15-19)38(22-9-13-36(2)14-10-22)27(39)37(23)17-21-5-3-20(16-32-21)25-33-34-26(40-25)28(29,30)31/h3-6,15-16,18,22H,7-14,17H2,1-2H3. The molecular weight excluding hydrogens is 523 g/mol. The smallest absolute Gasteiger partial charge is 0.413 e. The Morgan fingerprint density at radius 2 is 1.62 bits per heavy atom. The van der Waals surface area contributed by atoms with E-state index in [1.807, 2.05) is 4.57 Å². The zero-order valence-corrected chi connectivity index (χ0v) is 22.6. The molecule has 6 rings (SSSR count). The van der Waals surface area contributed by atoms with Crippen LogP contribution in [0.25, 0.3) is 22.5 Å². The molecule has 0 N–H and O–H groups in total. The number of benzene rings is 1. The van der Waals surface area contributed by atoms with Gasteiger partial charge in [0.05, 0.1) is 28.8 Å². The summed E-state index contributed by atoms with van der Waals surface area (Å²) in [6.45, 7) is 4.24. The highest BCUT2D eigenvalue weighted by molar-refractivity contribution is 5.77. The summed E-state index contributed by atoms with van der Waals surface area (Å²) in [6, 6.07) is 9.79. The second kappa shape index (κ2) is 10.5. The van der Waals surface area contributed by atoms with E-state index < -0.39 is 12.1 Å². The number of likely N-dealkylation sites (tertiary alicyclic amines) is 2. The molecule has 0 saturated carbocycles. The lowest BCUT2D eigenvalue weighted by molar-refractivity contribution is -0.156. The van der Waals surface area contributed by atoms with E-state index in [-0.39, 0.29) is 29.7 Å². The number of aromatic nitrogens is 5. The van der Waals surface area contributed by atoms with Crippen LogP contribution in [-0.2, 0) is 12.7 Å².